The molecule has 1 saturated heterocycles. The van der Waals surface area contributed by atoms with Gasteiger partial charge < -0.3 is 14.4 Å². The molecule has 0 aliphatic carbocycles. The molecule has 0 aromatic carbocycles. The van der Waals surface area contributed by atoms with E-state index in [1.807, 2.05) is 20.8 Å². The number of carbonyl (C=O) groups is 1. The fourth-order valence-corrected chi connectivity index (χ4v) is 2.06. The van der Waals surface area contributed by atoms with Gasteiger partial charge in [-0.1, -0.05) is 0 Å². The number of nitrogens with zero attached hydrogens (tertiary/aromatic N) is 2. The zero-order chi connectivity index (χ0) is 15.6. The van der Waals surface area contributed by atoms with Crippen LogP contribution in [0.3, 0.4) is 0 Å². The van der Waals surface area contributed by atoms with Gasteiger partial charge in [0, 0.05) is 6.54 Å². The summed E-state index contributed by atoms with van der Waals surface area (Å²) in [7, 11) is 0. The van der Waals surface area contributed by atoms with Crippen LogP contribution in [0.5, 0.6) is 0 Å². The molecule has 1 aromatic heterocycles. The number of halogens is 1. The first-order valence-electron chi connectivity index (χ1n) is 6.99. The van der Waals surface area contributed by atoms with Crippen molar-refractivity contribution in [3.63, 3.8) is 0 Å². The maximum absolute atomic E-state index is 13.3. The number of aromatic nitrogens is 1. The second-order valence-corrected chi connectivity index (χ2v) is 6.09. The van der Waals surface area contributed by atoms with Gasteiger partial charge in [-0.15, -0.1) is 0 Å². The van der Waals surface area contributed by atoms with Crippen molar-refractivity contribution in [3.05, 3.63) is 29.3 Å². The molecule has 21 heavy (non-hydrogen) atoms. The van der Waals surface area contributed by atoms with E-state index >= 15 is 0 Å². The average molecular weight is 296 g/mol. The molecule has 6 heteroatoms. The minimum Gasteiger partial charge on any atom is -0.444 e. The van der Waals surface area contributed by atoms with Gasteiger partial charge in [-0.25, -0.2) is 9.18 Å². The van der Waals surface area contributed by atoms with E-state index in [9.17, 15) is 9.18 Å². The average Bonchev–Trinajstić information content (AvgIpc) is 2.40. The topological polar surface area (TPSA) is 51.7 Å². The molecule has 0 saturated carbocycles. The lowest BCUT2D eigenvalue weighted by molar-refractivity contribution is -0.0447. The van der Waals surface area contributed by atoms with Gasteiger partial charge in [-0.3, -0.25) is 4.98 Å². The van der Waals surface area contributed by atoms with Crippen LogP contribution in [0.15, 0.2) is 12.1 Å². The van der Waals surface area contributed by atoms with Gasteiger partial charge in [0.25, 0.3) is 0 Å². The summed E-state index contributed by atoms with van der Waals surface area (Å²) in [4.78, 5) is 17.9. The maximum Gasteiger partial charge on any atom is 0.410 e. The summed E-state index contributed by atoms with van der Waals surface area (Å²) < 4.78 is 24.3. The van der Waals surface area contributed by atoms with E-state index in [1.165, 1.54) is 6.07 Å². The Morgan fingerprint density at radius 3 is 2.81 bits per heavy atom. The van der Waals surface area contributed by atoms with Crippen LogP contribution in [0.25, 0.3) is 0 Å². The molecule has 0 radical (unpaired) electrons. The van der Waals surface area contributed by atoms with Crippen molar-refractivity contribution in [3.8, 4) is 0 Å². The maximum atomic E-state index is 13.3. The molecule has 0 N–H and O–H groups in total. The number of pyridine rings is 1. The molecular weight excluding hydrogens is 275 g/mol. The first kappa shape index (κ1) is 15.7. The van der Waals surface area contributed by atoms with Gasteiger partial charge >= 0.3 is 6.09 Å². The zero-order valence-electron chi connectivity index (χ0n) is 12.9. The lowest BCUT2D eigenvalue weighted by atomic mass is 10.1. The Bertz CT molecular complexity index is 528. The lowest BCUT2D eigenvalue weighted by Crippen LogP contribution is -2.44. The van der Waals surface area contributed by atoms with Crippen molar-refractivity contribution in [2.24, 2.45) is 0 Å². The molecule has 5 nitrogen and oxygen atoms in total. The Kier molecular flexibility index (Phi) is 4.46. The summed E-state index contributed by atoms with van der Waals surface area (Å²) in [6.07, 6.45) is -0.722. The molecule has 0 bridgehead atoms. The number of carbonyl (C=O) groups excluding carboxylic acids is 1. The van der Waals surface area contributed by atoms with E-state index < -0.39 is 5.60 Å². The number of hydrogen-bond donors (Lipinski definition) is 0. The Morgan fingerprint density at radius 1 is 1.48 bits per heavy atom. The highest BCUT2D eigenvalue weighted by Crippen LogP contribution is 2.23. The summed E-state index contributed by atoms with van der Waals surface area (Å²) >= 11 is 0. The van der Waals surface area contributed by atoms with Gasteiger partial charge in [0.15, 0.2) is 0 Å². The molecule has 1 aromatic rings. The highest BCUT2D eigenvalue weighted by Gasteiger charge is 2.29. The van der Waals surface area contributed by atoms with E-state index in [2.05, 4.69) is 4.98 Å². The summed E-state index contributed by atoms with van der Waals surface area (Å²) in [5, 5.41) is 0. The number of morpholine rings is 1. The van der Waals surface area contributed by atoms with Crippen LogP contribution in [-0.4, -0.2) is 41.3 Å². The third-order valence-corrected chi connectivity index (χ3v) is 3.09. The number of aryl methyl sites for hydroxylation is 1. The van der Waals surface area contributed by atoms with Crippen LogP contribution >= 0.6 is 0 Å². The van der Waals surface area contributed by atoms with Crippen LogP contribution in [-0.2, 0) is 9.47 Å². The monoisotopic (exact) mass is 296 g/mol. The Labute approximate surface area is 124 Å². The van der Waals surface area contributed by atoms with Crippen molar-refractivity contribution in [2.45, 2.75) is 39.4 Å². The van der Waals surface area contributed by atoms with Crippen molar-refractivity contribution < 1.29 is 18.7 Å². The largest absolute Gasteiger partial charge is 0.444 e. The molecule has 116 valence electrons. The quantitative estimate of drug-likeness (QED) is 0.799. The SMILES string of the molecule is Cc1nc([C@H]2CN(C(=O)OC(C)(C)C)CCO2)ccc1F. The van der Waals surface area contributed by atoms with Gasteiger partial charge in [0.05, 0.1) is 24.5 Å². The van der Waals surface area contributed by atoms with Gasteiger partial charge in [-0.05, 0) is 39.8 Å². The molecule has 1 amide bonds. The van der Waals surface area contributed by atoms with Crippen LogP contribution in [0.2, 0.25) is 0 Å². The zero-order valence-corrected chi connectivity index (χ0v) is 12.9. The summed E-state index contributed by atoms with van der Waals surface area (Å²) in [6.45, 7) is 8.32. The predicted molar refractivity (Wildman–Crippen MR) is 75.4 cm³/mol. The van der Waals surface area contributed by atoms with Crippen LogP contribution < -0.4 is 0 Å². The fraction of sp³-hybridized carbons (Fsp3) is 0.600. The van der Waals surface area contributed by atoms with Gasteiger partial charge in [0.1, 0.15) is 17.5 Å². The van der Waals surface area contributed by atoms with E-state index in [-0.39, 0.29) is 18.0 Å². The summed E-state index contributed by atoms with van der Waals surface area (Å²) in [6, 6.07) is 2.96. The third kappa shape index (κ3) is 4.14. The van der Waals surface area contributed by atoms with E-state index in [1.54, 1.807) is 17.9 Å². The molecule has 1 aliphatic rings. The Balaban J connectivity index is 2.06. The summed E-state index contributed by atoms with van der Waals surface area (Å²) in [5.74, 6) is -0.349. The normalized spacial score (nSPS) is 19.5. The number of ether oxygens (including phenoxy) is 2. The predicted octanol–water partition coefficient (Wildman–Crippen LogP) is 2.84. The molecule has 1 atom stereocenters. The number of hydrogen-bond acceptors (Lipinski definition) is 4. The summed E-state index contributed by atoms with van der Waals surface area (Å²) in [5.41, 5.74) is 0.419. The fourth-order valence-electron chi connectivity index (χ4n) is 2.06. The molecule has 0 spiro atoms. The van der Waals surface area contributed by atoms with Crippen molar-refractivity contribution >= 4 is 6.09 Å². The highest BCUT2D eigenvalue weighted by atomic mass is 19.1. The van der Waals surface area contributed by atoms with Crippen LogP contribution in [0.4, 0.5) is 9.18 Å². The van der Waals surface area contributed by atoms with Crippen molar-refractivity contribution in [2.75, 3.05) is 19.7 Å². The second kappa shape index (κ2) is 5.97. The first-order chi connectivity index (χ1) is 9.76. The van der Waals surface area contributed by atoms with Gasteiger partial charge in [0.2, 0.25) is 0 Å². The molecule has 1 fully saturated rings. The van der Waals surface area contributed by atoms with E-state index in [0.29, 0.717) is 31.1 Å². The number of rotatable bonds is 1. The molecular formula is C15H21FN2O3. The minimum absolute atomic E-state index is 0.325. The van der Waals surface area contributed by atoms with Crippen LogP contribution in [0.1, 0.15) is 38.3 Å². The van der Waals surface area contributed by atoms with E-state index in [4.69, 9.17) is 9.47 Å². The molecule has 2 rings (SSSR count). The van der Waals surface area contributed by atoms with Gasteiger partial charge in [-0.2, -0.15) is 0 Å². The highest BCUT2D eigenvalue weighted by molar-refractivity contribution is 5.68. The van der Waals surface area contributed by atoms with Crippen molar-refractivity contribution in [1.82, 2.24) is 9.88 Å². The van der Waals surface area contributed by atoms with E-state index in [0.717, 1.165) is 0 Å². The molecule has 1 aliphatic heterocycles. The van der Waals surface area contributed by atoms with Crippen LogP contribution in [0, 0.1) is 12.7 Å². The second-order valence-electron chi connectivity index (χ2n) is 6.09. The minimum atomic E-state index is -0.532. The lowest BCUT2D eigenvalue weighted by Gasteiger charge is -2.34. The van der Waals surface area contributed by atoms with Crippen molar-refractivity contribution in [1.29, 1.82) is 0 Å². The molecule has 2 heterocycles. The standard InChI is InChI=1S/C15H21FN2O3/c1-10-11(16)5-6-12(17-10)13-9-18(7-8-20-13)14(19)21-15(2,3)4/h5-6,13H,7-9H2,1-4H3/t13-/m1/s1. The third-order valence-electron chi connectivity index (χ3n) is 3.09. The Morgan fingerprint density at radius 2 is 2.19 bits per heavy atom. The number of amides is 1. The Hall–Kier alpha value is -1.69. The first-order valence-corrected chi connectivity index (χ1v) is 6.99. The smallest absolute Gasteiger partial charge is 0.410 e. The molecule has 0 unspecified atom stereocenters.